The van der Waals surface area contributed by atoms with Crippen LogP contribution in [0.5, 0.6) is 11.5 Å². The van der Waals surface area contributed by atoms with E-state index in [0.29, 0.717) is 27.7 Å². The number of Topliss-reactive ketones (excluding diaryl/α,β-unsaturated/α-hetero) is 1. The molecule has 1 saturated heterocycles. The molecule has 0 aromatic heterocycles. The molecule has 1 unspecified atom stereocenters. The van der Waals surface area contributed by atoms with Crippen LogP contribution in [0.1, 0.15) is 24.1 Å². The van der Waals surface area contributed by atoms with Gasteiger partial charge in [0, 0.05) is 23.3 Å². The zero-order valence-corrected chi connectivity index (χ0v) is 20.5. The zero-order valence-electron chi connectivity index (χ0n) is 19.7. The summed E-state index contributed by atoms with van der Waals surface area (Å²) in [6.07, 6.45) is 0. The van der Waals surface area contributed by atoms with Gasteiger partial charge in [0.1, 0.15) is 17.3 Å². The van der Waals surface area contributed by atoms with Crippen molar-refractivity contribution in [3.8, 4) is 11.5 Å². The van der Waals surface area contributed by atoms with E-state index < -0.39 is 23.5 Å². The maximum absolute atomic E-state index is 13.4. The van der Waals surface area contributed by atoms with Crippen LogP contribution in [0, 0.1) is 0 Å². The summed E-state index contributed by atoms with van der Waals surface area (Å²) in [5.74, 6) is -1.66. The Hall–Kier alpha value is -4.30. The van der Waals surface area contributed by atoms with Gasteiger partial charge in [0.2, 0.25) is 5.91 Å². The van der Waals surface area contributed by atoms with Gasteiger partial charge in [-0.15, -0.1) is 0 Å². The van der Waals surface area contributed by atoms with Crippen molar-refractivity contribution in [2.45, 2.75) is 13.0 Å². The Kier molecular flexibility index (Phi) is 6.98. The first-order valence-electron chi connectivity index (χ1n) is 10.9. The number of ether oxygens (including phenoxy) is 2. The number of halogens is 1. The van der Waals surface area contributed by atoms with Crippen molar-refractivity contribution in [1.29, 1.82) is 0 Å². The lowest BCUT2D eigenvalue weighted by Crippen LogP contribution is -2.29. The van der Waals surface area contributed by atoms with E-state index in [0.717, 1.165) is 0 Å². The highest BCUT2D eigenvalue weighted by Crippen LogP contribution is 2.44. The predicted octanol–water partition coefficient (Wildman–Crippen LogP) is 4.94. The van der Waals surface area contributed by atoms with Crippen molar-refractivity contribution in [2.75, 3.05) is 24.4 Å². The van der Waals surface area contributed by atoms with Gasteiger partial charge in [0.15, 0.2) is 0 Å². The molecule has 4 rings (SSSR count). The van der Waals surface area contributed by atoms with Crippen LogP contribution in [0.2, 0.25) is 5.02 Å². The summed E-state index contributed by atoms with van der Waals surface area (Å²) in [6, 6.07) is 17.0. The van der Waals surface area contributed by atoms with Gasteiger partial charge in [-0.2, -0.15) is 0 Å². The number of amides is 2. The number of benzene rings is 3. The molecule has 0 bridgehead atoms. The largest absolute Gasteiger partial charge is 0.507 e. The van der Waals surface area contributed by atoms with Gasteiger partial charge in [-0.05, 0) is 54.1 Å². The molecule has 9 heteroatoms. The van der Waals surface area contributed by atoms with Crippen LogP contribution < -0.4 is 19.7 Å². The van der Waals surface area contributed by atoms with Crippen LogP contribution in [0.15, 0.2) is 72.3 Å². The quantitative estimate of drug-likeness (QED) is 0.279. The van der Waals surface area contributed by atoms with Gasteiger partial charge in [-0.3, -0.25) is 19.3 Å². The fraction of sp³-hybridized carbons (Fsp3) is 0.148. The SMILES string of the molecule is COc1cccc(C2/C(=C(\O)c3cc(Cl)ccc3OC)C(=O)C(=O)N2c2cccc(NC(C)=O)c2)c1. The normalized spacial score (nSPS) is 16.7. The van der Waals surface area contributed by atoms with E-state index in [-0.39, 0.29) is 22.8 Å². The Labute approximate surface area is 212 Å². The van der Waals surface area contributed by atoms with Crippen molar-refractivity contribution in [3.05, 3.63) is 88.5 Å². The highest BCUT2D eigenvalue weighted by atomic mass is 35.5. The minimum absolute atomic E-state index is 0.140. The lowest BCUT2D eigenvalue weighted by atomic mass is 9.94. The molecule has 0 saturated carbocycles. The molecule has 1 atom stereocenters. The first-order chi connectivity index (χ1) is 17.2. The summed E-state index contributed by atoms with van der Waals surface area (Å²) in [5, 5.41) is 14.4. The van der Waals surface area contributed by atoms with Gasteiger partial charge >= 0.3 is 0 Å². The second-order valence-corrected chi connectivity index (χ2v) is 8.46. The van der Waals surface area contributed by atoms with Crippen molar-refractivity contribution in [3.63, 3.8) is 0 Å². The Morgan fingerprint density at radius 2 is 1.75 bits per heavy atom. The molecule has 0 radical (unpaired) electrons. The topological polar surface area (TPSA) is 105 Å². The van der Waals surface area contributed by atoms with Crippen molar-refractivity contribution in [1.82, 2.24) is 0 Å². The van der Waals surface area contributed by atoms with E-state index in [1.165, 1.54) is 32.1 Å². The molecule has 3 aromatic rings. The average molecular weight is 507 g/mol. The molecule has 184 valence electrons. The minimum atomic E-state index is -1.00. The fourth-order valence-corrected chi connectivity index (χ4v) is 4.35. The van der Waals surface area contributed by atoms with Crippen LogP contribution >= 0.6 is 11.6 Å². The molecular weight excluding hydrogens is 484 g/mol. The number of anilines is 2. The molecule has 0 aliphatic carbocycles. The number of aliphatic hydroxyl groups is 1. The van der Waals surface area contributed by atoms with Crippen LogP contribution in [0.3, 0.4) is 0 Å². The van der Waals surface area contributed by atoms with Gasteiger partial charge in [-0.1, -0.05) is 29.8 Å². The third-order valence-corrected chi connectivity index (χ3v) is 5.95. The first kappa shape index (κ1) is 24.8. The molecule has 1 fully saturated rings. The number of nitrogens with one attached hydrogen (secondary N) is 1. The molecule has 3 aromatic carbocycles. The molecule has 0 spiro atoms. The summed E-state index contributed by atoms with van der Waals surface area (Å²) in [7, 11) is 2.93. The summed E-state index contributed by atoms with van der Waals surface area (Å²) >= 11 is 6.16. The summed E-state index contributed by atoms with van der Waals surface area (Å²) in [5.41, 5.74) is 1.36. The van der Waals surface area contributed by atoms with Crippen LogP contribution in [0.25, 0.3) is 5.76 Å². The number of hydrogen-bond donors (Lipinski definition) is 2. The highest BCUT2D eigenvalue weighted by Gasteiger charge is 2.47. The van der Waals surface area contributed by atoms with Gasteiger partial charge < -0.3 is 19.9 Å². The number of nitrogens with zero attached hydrogens (tertiary/aromatic N) is 1. The smallest absolute Gasteiger partial charge is 0.300 e. The van der Waals surface area contributed by atoms with E-state index in [1.54, 1.807) is 60.7 Å². The molecule has 1 aliphatic heterocycles. The lowest BCUT2D eigenvalue weighted by Gasteiger charge is -2.26. The summed E-state index contributed by atoms with van der Waals surface area (Å²) in [6.45, 7) is 1.37. The predicted molar refractivity (Wildman–Crippen MR) is 137 cm³/mol. The van der Waals surface area contributed by atoms with E-state index in [2.05, 4.69) is 5.32 Å². The van der Waals surface area contributed by atoms with Gasteiger partial charge in [-0.25, -0.2) is 0 Å². The summed E-state index contributed by atoms with van der Waals surface area (Å²) in [4.78, 5) is 39.7. The second-order valence-electron chi connectivity index (χ2n) is 8.02. The van der Waals surface area contributed by atoms with E-state index in [1.807, 2.05) is 0 Å². The zero-order chi connectivity index (χ0) is 26.0. The van der Waals surface area contributed by atoms with Gasteiger partial charge in [0.05, 0.1) is 31.4 Å². The Bertz CT molecular complexity index is 1400. The molecule has 1 heterocycles. The number of methoxy groups -OCH3 is 2. The average Bonchev–Trinajstić information content (AvgIpc) is 3.13. The number of rotatable bonds is 6. The van der Waals surface area contributed by atoms with Crippen LogP contribution in [0.4, 0.5) is 11.4 Å². The fourth-order valence-electron chi connectivity index (χ4n) is 4.17. The molecular formula is C27H23ClN2O6. The first-order valence-corrected chi connectivity index (χ1v) is 11.3. The number of carbonyl (C=O) groups is 3. The monoisotopic (exact) mass is 506 g/mol. The number of carbonyl (C=O) groups excluding carboxylic acids is 3. The maximum atomic E-state index is 13.4. The van der Waals surface area contributed by atoms with Crippen LogP contribution in [-0.2, 0) is 14.4 Å². The number of ketones is 1. The molecule has 1 aliphatic rings. The lowest BCUT2D eigenvalue weighted by molar-refractivity contribution is -0.132. The van der Waals surface area contributed by atoms with E-state index in [9.17, 15) is 19.5 Å². The van der Waals surface area contributed by atoms with Crippen LogP contribution in [-0.4, -0.2) is 36.9 Å². The highest BCUT2D eigenvalue weighted by molar-refractivity contribution is 6.51. The standard InChI is InChI=1S/C27H23ClN2O6/c1-15(31)29-18-7-5-8-19(14-18)30-24(16-6-4-9-20(12-16)35-2)23(26(33)27(30)34)25(32)21-13-17(28)10-11-22(21)36-3/h4-14,24,32H,1-3H3,(H,29,31)/b25-23+. The third kappa shape index (κ3) is 4.63. The van der Waals surface area contributed by atoms with Crippen molar-refractivity contribution >= 4 is 46.3 Å². The Morgan fingerprint density at radius 1 is 1.00 bits per heavy atom. The second kappa shape index (κ2) is 10.1. The third-order valence-electron chi connectivity index (χ3n) is 5.72. The van der Waals surface area contributed by atoms with E-state index >= 15 is 0 Å². The number of aliphatic hydroxyl groups excluding tert-OH is 1. The minimum Gasteiger partial charge on any atom is -0.507 e. The Balaban J connectivity index is 1.97. The summed E-state index contributed by atoms with van der Waals surface area (Å²) < 4.78 is 10.7. The van der Waals surface area contributed by atoms with Crippen molar-refractivity contribution in [2.24, 2.45) is 0 Å². The Morgan fingerprint density at radius 3 is 2.44 bits per heavy atom. The number of hydrogen-bond acceptors (Lipinski definition) is 6. The molecule has 2 N–H and O–H groups in total. The van der Waals surface area contributed by atoms with Crippen molar-refractivity contribution < 1.29 is 29.0 Å². The van der Waals surface area contributed by atoms with Gasteiger partial charge in [0.25, 0.3) is 11.7 Å². The molecule has 8 nitrogen and oxygen atoms in total. The van der Waals surface area contributed by atoms with E-state index in [4.69, 9.17) is 21.1 Å². The molecule has 36 heavy (non-hydrogen) atoms. The molecule has 2 amide bonds. The maximum Gasteiger partial charge on any atom is 0.300 e.